The van der Waals surface area contributed by atoms with Crippen LogP contribution >= 0.6 is 0 Å². The standard InChI is InChI=1S/C13H27NO3S/c1-4-9-18(15,16)10-7-13(11-14-5-2)6-8-17-12(13)3/h12,14H,4-11H2,1-3H3. The molecule has 0 aromatic rings. The van der Waals surface area contributed by atoms with E-state index in [1.165, 1.54) is 0 Å². The Labute approximate surface area is 111 Å². The lowest BCUT2D eigenvalue weighted by atomic mass is 9.79. The maximum absolute atomic E-state index is 11.8. The summed E-state index contributed by atoms with van der Waals surface area (Å²) < 4.78 is 29.4. The molecule has 0 bridgehead atoms. The maximum Gasteiger partial charge on any atom is 0.150 e. The largest absolute Gasteiger partial charge is 0.378 e. The molecule has 1 heterocycles. The van der Waals surface area contributed by atoms with Gasteiger partial charge in [-0.1, -0.05) is 13.8 Å². The Morgan fingerprint density at radius 2 is 2.06 bits per heavy atom. The number of ether oxygens (including phenoxy) is 1. The Balaban J connectivity index is 2.62. The van der Waals surface area contributed by atoms with E-state index in [9.17, 15) is 8.42 Å². The predicted molar refractivity (Wildman–Crippen MR) is 74.6 cm³/mol. The van der Waals surface area contributed by atoms with E-state index in [0.717, 1.165) is 26.1 Å². The average Bonchev–Trinajstić information content (AvgIpc) is 2.66. The summed E-state index contributed by atoms with van der Waals surface area (Å²) in [4.78, 5) is 0. The number of rotatable bonds is 8. The van der Waals surface area contributed by atoms with Crippen LogP contribution < -0.4 is 5.32 Å². The van der Waals surface area contributed by atoms with Gasteiger partial charge in [0.15, 0.2) is 0 Å². The molecule has 108 valence electrons. The Morgan fingerprint density at radius 3 is 2.56 bits per heavy atom. The van der Waals surface area contributed by atoms with Crippen LogP contribution in [0.3, 0.4) is 0 Å². The summed E-state index contributed by atoms with van der Waals surface area (Å²) in [6.45, 7) is 8.56. The van der Waals surface area contributed by atoms with Crippen molar-refractivity contribution in [3.63, 3.8) is 0 Å². The summed E-state index contributed by atoms with van der Waals surface area (Å²) in [6.07, 6.45) is 2.52. The van der Waals surface area contributed by atoms with Crippen molar-refractivity contribution in [3.05, 3.63) is 0 Å². The van der Waals surface area contributed by atoms with E-state index in [4.69, 9.17) is 4.74 Å². The molecule has 1 saturated heterocycles. The van der Waals surface area contributed by atoms with Crippen molar-refractivity contribution in [3.8, 4) is 0 Å². The zero-order chi connectivity index (χ0) is 13.6. The van der Waals surface area contributed by atoms with Crippen LogP contribution in [-0.4, -0.2) is 45.7 Å². The molecule has 0 amide bonds. The first-order valence-electron chi connectivity index (χ1n) is 6.98. The van der Waals surface area contributed by atoms with Crippen LogP contribution in [-0.2, 0) is 14.6 Å². The fraction of sp³-hybridized carbons (Fsp3) is 1.00. The molecule has 0 aromatic heterocycles. The smallest absolute Gasteiger partial charge is 0.150 e. The average molecular weight is 277 g/mol. The van der Waals surface area contributed by atoms with Gasteiger partial charge in [-0.2, -0.15) is 0 Å². The first-order chi connectivity index (χ1) is 8.46. The van der Waals surface area contributed by atoms with Gasteiger partial charge in [-0.05, 0) is 32.7 Å². The molecule has 0 aromatic carbocycles. The van der Waals surface area contributed by atoms with E-state index in [1.807, 2.05) is 6.92 Å². The summed E-state index contributed by atoms with van der Waals surface area (Å²) in [5.74, 6) is 0.597. The molecular weight excluding hydrogens is 250 g/mol. The van der Waals surface area contributed by atoms with Crippen LogP contribution in [0.5, 0.6) is 0 Å². The van der Waals surface area contributed by atoms with Crippen LogP contribution in [0.2, 0.25) is 0 Å². The second kappa shape index (κ2) is 6.87. The highest BCUT2D eigenvalue weighted by atomic mass is 32.2. The summed E-state index contributed by atoms with van der Waals surface area (Å²) in [6, 6.07) is 0. The summed E-state index contributed by atoms with van der Waals surface area (Å²) >= 11 is 0. The minimum Gasteiger partial charge on any atom is -0.378 e. The molecule has 0 aliphatic carbocycles. The van der Waals surface area contributed by atoms with E-state index in [1.54, 1.807) is 0 Å². The Hall–Kier alpha value is -0.130. The molecular formula is C13H27NO3S. The highest BCUT2D eigenvalue weighted by Crippen LogP contribution is 2.38. The third kappa shape index (κ3) is 4.21. The Morgan fingerprint density at radius 1 is 1.33 bits per heavy atom. The van der Waals surface area contributed by atoms with Crippen LogP contribution in [0.15, 0.2) is 0 Å². The van der Waals surface area contributed by atoms with E-state index in [0.29, 0.717) is 24.3 Å². The van der Waals surface area contributed by atoms with Gasteiger partial charge in [0, 0.05) is 24.3 Å². The minimum absolute atomic E-state index is 0.00315. The lowest BCUT2D eigenvalue weighted by Crippen LogP contribution is -2.41. The van der Waals surface area contributed by atoms with Gasteiger partial charge in [-0.25, -0.2) is 8.42 Å². The summed E-state index contributed by atoms with van der Waals surface area (Å²) in [5.41, 5.74) is -0.00315. The van der Waals surface area contributed by atoms with Gasteiger partial charge in [-0.3, -0.25) is 0 Å². The molecule has 0 radical (unpaired) electrons. The zero-order valence-corrected chi connectivity index (χ0v) is 12.7. The van der Waals surface area contributed by atoms with Crippen molar-refractivity contribution in [2.45, 2.75) is 46.1 Å². The molecule has 1 fully saturated rings. The minimum atomic E-state index is -2.89. The number of sulfone groups is 1. The van der Waals surface area contributed by atoms with Crippen molar-refractivity contribution in [1.82, 2.24) is 5.32 Å². The molecule has 0 spiro atoms. The van der Waals surface area contributed by atoms with Gasteiger partial charge < -0.3 is 10.1 Å². The van der Waals surface area contributed by atoms with E-state index < -0.39 is 9.84 Å². The first kappa shape index (κ1) is 15.9. The molecule has 0 saturated carbocycles. The molecule has 2 atom stereocenters. The van der Waals surface area contributed by atoms with Crippen LogP contribution in [0, 0.1) is 5.41 Å². The fourth-order valence-corrected chi connectivity index (χ4v) is 4.16. The Bertz CT molecular complexity index is 342. The molecule has 18 heavy (non-hydrogen) atoms. The molecule has 1 rings (SSSR count). The van der Waals surface area contributed by atoms with Gasteiger partial charge >= 0.3 is 0 Å². The maximum atomic E-state index is 11.8. The van der Waals surface area contributed by atoms with Crippen LogP contribution in [0.1, 0.15) is 40.0 Å². The second-order valence-corrected chi connectivity index (χ2v) is 7.61. The van der Waals surface area contributed by atoms with Gasteiger partial charge in [0.05, 0.1) is 11.9 Å². The van der Waals surface area contributed by atoms with Crippen molar-refractivity contribution in [2.75, 3.05) is 31.2 Å². The Kier molecular flexibility index (Phi) is 6.08. The number of hydrogen-bond donors (Lipinski definition) is 1. The van der Waals surface area contributed by atoms with Gasteiger partial charge in [0.1, 0.15) is 9.84 Å². The van der Waals surface area contributed by atoms with Gasteiger partial charge in [0.2, 0.25) is 0 Å². The van der Waals surface area contributed by atoms with Crippen molar-refractivity contribution in [1.29, 1.82) is 0 Å². The van der Waals surface area contributed by atoms with Gasteiger partial charge in [0.25, 0.3) is 0 Å². The lowest BCUT2D eigenvalue weighted by molar-refractivity contribution is 0.0616. The van der Waals surface area contributed by atoms with Crippen molar-refractivity contribution < 1.29 is 13.2 Å². The van der Waals surface area contributed by atoms with E-state index in [2.05, 4.69) is 19.2 Å². The van der Waals surface area contributed by atoms with Crippen molar-refractivity contribution >= 4 is 9.84 Å². The van der Waals surface area contributed by atoms with E-state index in [-0.39, 0.29) is 11.5 Å². The lowest BCUT2D eigenvalue weighted by Gasteiger charge is -2.32. The SMILES string of the molecule is CCCS(=O)(=O)CCC1(CNCC)CCOC1C. The molecule has 1 aliphatic heterocycles. The number of hydrogen-bond acceptors (Lipinski definition) is 4. The monoisotopic (exact) mass is 277 g/mol. The fourth-order valence-electron chi connectivity index (χ4n) is 2.61. The molecule has 2 unspecified atom stereocenters. The number of nitrogens with one attached hydrogen (secondary N) is 1. The molecule has 4 nitrogen and oxygen atoms in total. The van der Waals surface area contributed by atoms with Gasteiger partial charge in [-0.15, -0.1) is 0 Å². The summed E-state index contributed by atoms with van der Waals surface area (Å²) in [7, 11) is -2.89. The van der Waals surface area contributed by atoms with Crippen LogP contribution in [0.25, 0.3) is 0 Å². The molecule has 1 aliphatic rings. The normalized spacial score (nSPS) is 28.7. The highest BCUT2D eigenvalue weighted by molar-refractivity contribution is 7.91. The van der Waals surface area contributed by atoms with E-state index >= 15 is 0 Å². The third-order valence-electron chi connectivity index (χ3n) is 3.98. The quantitative estimate of drug-likeness (QED) is 0.732. The molecule has 1 N–H and O–H groups in total. The third-order valence-corrected chi connectivity index (χ3v) is 5.84. The topological polar surface area (TPSA) is 55.4 Å². The second-order valence-electron chi connectivity index (χ2n) is 5.31. The predicted octanol–water partition coefficient (Wildman–Crippen LogP) is 1.61. The van der Waals surface area contributed by atoms with Crippen LogP contribution in [0.4, 0.5) is 0 Å². The highest BCUT2D eigenvalue weighted by Gasteiger charge is 2.41. The first-order valence-corrected chi connectivity index (χ1v) is 8.80. The van der Waals surface area contributed by atoms with Crippen molar-refractivity contribution in [2.24, 2.45) is 5.41 Å². The molecule has 5 heteroatoms. The summed E-state index contributed by atoms with van der Waals surface area (Å²) in [5, 5.41) is 3.35. The zero-order valence-electron chi connectivity index (χ0n) is 11.9.